The van der Waals surface area contributed by atoms with E-state index in [1.165, 1.54) is 0 Å². The molecule has 0 aromatic rings. The fourth-order valence-corrected chi connectivity index (χ4v) is 0.340. The van der Waals surface area contributed by atoms with Crippen LogP contribution in [0.5, 0.6) is 0 Å². The molecule has 0 bridgehead atoms. The van der Waals surface area contributed by atoms with Gasteiger partial charge in [0, 0.05) is 0 Å². The summed E-state index contributed by atoms with van der Waals surface area (Å²) in [4.78, 5) is 0. The van der Waals surface area contributed by atoms with Crippen molar-refractivity contribution in [3.05, 3.63) is 31.7 Å². The third kappa shape index (κ3) is 11.5. The van der Waals surface area contributed by atoms with E-state index in [9.17, 15) is 6.63 Å². The Kier molecular flexibility index (Phi) is 14.1. The summed E-state index contributed by atoms with van der Waals surface area (Å²) in [5.74, 6) is 0. The van der Waals surface area contributed by atoms with Gasteiger partial charge in [-0.25, -0.2) is 12.2 Å². The average molecular weight is 221 g/mol. The Morgan fingerprint density at radius 1 is 1.44 bits per heavy atom. The van der Waals surface area contributed by atoms with E-state index in [0.29, 0.717) is 0 Å². The zero-order valence-electron chi connectivity index (χ0n) is 5.03. The topological polar surface area (TPSA) is 0 Å². The van der Waals surface area contributed by atoms with Crippen LogP contribution in [0.3, 0.4) is 0 Å². The molecule has 0 nitrogen and oxygen atoms in total. The van der Waals surface area contributed by atoms with Crippen LogP contribution >= 0.6 is 0 Å². The van der Waals surface area contributed by atoms with Gasteiger partial charge in [-0.2, -0.15) is 6.08 Å². The molecule has 0 amide bonds. The molecule has 0 spiro atoms. The molecule has 57 valence electrons. The molecule has 1 rings (SSSR count). The Bertz CT molecular complexity index is 79.1. The monoisotopic (exact) mass is 221 g/mol. The van der Waals surface area contributed by atoms with Gasteiger partial charge in [0.1, 0.15) is 0 Å². The van der Waals surface area contributed by atoms with E-state index >= 15 is 0 Å². The Balaban J connectivity index is 0. The van der Waals surface area contributed by atoms with Crippen LogP contribution < -0.4 is 0 Å². The van der Waals surface area contributed by atoms with Crippen LogP contribution in [0, 0.1) is 13.5 Å². The van der Waals surface area contributed by atoms with E-state index < -0.39 is 18.1 Å². The van der Waals surface area contributed by atoms with E-state index in [2.05, 4.69) is 12.2 Å². The van der Waals surface area contributed by atoms with E-state index in [4.69, 9.17) is 0 Å². The van der Waals surface area contributed by atoms with Crippen molar-refractivity contribution in [3.8, 4) is 0 Å². The fourth-order valence-electron chi connectivity index (χ4n) is 0.340. The first-order valence-corrected chi connectivity index (χ1v) is 3.21. The molecule has 0 aromatic heterocycles. The van der Waals surface area contributed by atoms with Crippen LogP contribution in [0.2, 0.25) is 0 Å². The van der Waals surface area contributed by atoms with Crippen molar-refractivity contribution in [1.29, 1.82) is 0 Å². The Labute approximate surface area is 63.4 Å². The molecule has 9 heavy (non-hydrogen) atoms. The van der Waals surface area contributed by atoms with Crippen LogP contribution in [-0.2, 0) is 18.1 Å². The van der Waals surface area contributed by atoms with Crippen LogP contribution in [0.15, 0.2) is 18.2 Å². The molecule has 0 aliphatic heterocycles. The molecule has 0 saturated carbocycles. The summed E-state index contributed by atoms with van der Waals surface area (Å²) in [5.41, 5.74) is 0. The maximum absolute atomic E-state index is 9.70. The van der Waals surface area contributed by atoms with Gasteiger partial charge in [0.2, 0.25) is 0 Å². The SMILES string of the molecule is [C-]1=CC=CC1.[CH3-].[F][Rh][F]. The van der Waals surface area contributed by atoms with Gasteiger partial charge in [0.05, 0.1) is 0 Å². The van der Waals surface area contributed by atoms with Crippen molar-refractivity contribution in [2.24, 2.45) is 0 Å². The Hall–Kier alpha value is -0.0366. The van der Waals surface area contributed by atoms with Gasteiger partial charge >= 0.3 is 24.8 Å². The second kappa shape index (κ2) is 10.9. The molecule has 0 N–H and O–H groups in total. The molecule has 0 fully saturated rings. The van der Waals surface area contributed by atoms with Crippen molar-refractivity contribution in [2.75, 3.05) is 0 Å². The quantitative estimate of drug-likeness (QED) is 0.435. The summed E-state index contributed by atoms with van der Waals surface area (Å²) < 4.78 is 19.4. The van der Waals surface area contributed by atoms with Crippen LogP contribution in [-0.4, -0.2) is 0 Å². The van der Waals surface area contributed by atoms with Crippen molar-refractivity contribution in [1.82, 2.24) is 0 Å². The molecular formula is C6H8F2Rh-2. The number of allylic oxidation sites excluding steroid dienone is 4. The molecule has 1 aliphatic rings. The summed E-state index contributed by atoms with van der Waals surface area (Å²) in [6, 6.07) is 0. The number of hydrogen-bond donors (Lipinski definition) is 0. The van der Waals surface area contributed by atoms with E-state index in [-0.39, 0.29) is 7.43 Å². The van der Waals surface area contributed by atoms with Gasteiger partial charge in [-0.3, -0.25) is 6.08 Å². The number of halogens is 2. The number of hydrogen-bond acceptors (Lipinski definition) is 0. The summed E-state index contributed by atoms with van der Waals surface area (Å²) in [5, 5.41) is 0. The normalized spacial score (nSPS) is 12.2. The third-order valence-corrected chi connectivity index (χ3v) is 0.586. The summed E-state index contributed by atoms with van der Waals surface area (Å²) in [6.45, 7) is 0. The van der Waals surface area contributed by atoms with E-state index in [1.807, 2.05) is 12.2 Å². The zero-order valence-corrected chi connectivity index (χ0v) is 6.67. The maximum atomic E-state index is 9.70. The van der Waals surface area contributed by atoms with Crippen molar-refractivity contribution < 1.29 is 24.8 Å². The fraction of sp³-hybridized carbons (Fsp3) is 0.167. The van der Waals surface area contributed by atoms with Crippen molar-refractivity contribution in [3.63, 3.8) is 0 Å². The van der Waals surface area contributed by atoms with Gasteiger partial charge in [0.25, 0.3) is 0 Å². The standard InChI is InChI=1S/C5H5.CH3.2FH.Rh/c1-2-4-5-3-1;;;;/h1-3H,4H2;1H3;2*1H;/q2*-1;;;+2/p-2. The van der Waals surface area contributed by atoms with Crippen LogP contribution in [0.25, 0.3) is 0 Å². The predicted octanol–water partition coefficient (Wildman–Crippen LogP) is 2.59. The zero-order chi connectivity index (χ0) is 6.24. The number of rotatable bonds is 0. The summed E-state index contributed by atoms with van der Waals surface area (Å²) >= 11 is -2.17. The molecule has 0 atom stereocenters. The average Bonchev–Trinajstić information content (AvgIpc) is 2.17. The molecule has 3 heteroatoms. The molecule has 0 saturated heterocycles. The molecule has 0 radical (unpaired) electrons. The van der Waals surface area contributed by atoms with Crippen LogP contribution in [0.1, 0.15) is 6.42 Å². The molecule has 0 heterocycles. The predicted molar refractivity (Wildman–Crippen MR) is 30.2 cm³/mol. The molecule has 1 aliphatic carbocycles. The second-order valence-electron chi connectivity index (χ2n) is 1.05. The molecule has 0 unspecified atom stereocenters. The van der Waals surface area contributed by atoms with Gasteiger partial charge < -0.3 is 7.43 Å². The van der Waals surface area contributed by atoms with Gasteiger partial charge in [-0.1, -0.05) is 0 Å². The Morgan fingerprint density at radius 3 is 2.11 bits per heavy atom. The van der Waals surface area contributed by atoms with E-state index in [1.54, 1.807) is 0 Å². The first-order valence-electron chi connectivity index (χ1n) is 1.97. The third-order valence-electron chi connectivity index (χ3n) is 0.586. The van der Waals surface area contributed by atoms with Gasteiger partial charge in [-0.05, 0) is 0 Å². The first kappa shape index (κ1) is 11.7. The molecular weight excluding hydrogens is 213 g/mol. The van der Waals surface area contributed by atoms with Crippen molar-refractivity contribution in [2.45, 2.75) is 6.42 Å². The Morgan fingerprint density at radius 2 is 2.00 bits per heavy atom. The minimum absolute atomic E-state index is 0. The van der Waals surface area contributed by atoms with Crippen LogP contribution in [0.4, 0.5) is 6.63 Å². The van der Waals surface area contributed by atoms with Gasteiger partial charge in [-0.15, -0.1) is 6.42 Å². The summed E-state index contributed by atoms with van der Waals surface area (Å²) in [6.07, 6.45) is 10.0. The minimum atomic E-state index is -2.17. The summed E-state index contributed by atoms with van der Waals surface area (Å²) in [7, 11) is 0. The van der Waals surface area contributed by atoms with Gasteiger partial charge in [0.15, 0.2) is 0 Å². The second-order valence-corrected chi connectivity index (χ2v) is 1.28. The molecule has 0 aromatic carbocycles. The van der Waals surface area contributed by atoms with Crippen molar-refractivity contribution >= 4 is 0 Å². The first-order chi connectivity index (χ1) is 3.91. The van der Waals surface area contributed by atoms with E-state index in [0.717, 1.165) is 6.42 Å².